The number of carbonyl (C=O) groups is 1. The van der Waals surface area contributed by atoms with E-state index in [4.69, 9.17) is 0 Å². The Balaban J connectivity index is 1.63. The Morgan fingerprint density at radius 2 is 1.58 bits per heavy atom. The summed E-state index contributed by atoms with van der Waals surface area (Å²) >= 11 is 0. The Bertz CT molecular complexity index is 641. The Morgan fingerprint density at radius 1 is 0.947 bits per heavy atom. The average molecular weight is 247 g/mol. The van der Waals surface area contributed by atoms with Gasteiger partial charge in [0.25, 0.3) is 0 Å². The number of carbonyl (C=O) groups excluding carboxylic acids is 1. The fourth-order valence-electron chi connectivity index (χ4n) is 1.98. The Morgan fingerprint density at radius 3 is 2.26 bits per heavy atom. The summed E-state index contributed by atoms with van der Waals surface area (Å²) in [4.78, 5) is 16.3. The fraction of sp³-hybridized carbons (Fsp3) is 0.0588. The zero-order chi connectivity index (χ0) is 13.1. The van der Waals surface area contributed by atoms with Crippen LogP contribution in [0.15, 0.2) is 77.8 Å². The van der Waals surface area contributed by atoms with Crippen molar-refractivity contribution >= 4 is 11.5 Å². The van der Waals surface area contributed by atoms with Gasteiger partial charge < -0.3 is 0 Å². The van der Waals surface area contributed by atoms with Gasteiger partial charge in [0.1, 0.15) is 6.04 Å². The second kappa shape index (κ2) is 5.02. The van der Waals surface area contributed by atoms with Gasteiger partial charge in [0.2, 0.25) is 0 Å². The molecule has 1 atom stereocenters. The molecule has 1 heterocycles. The van der Waals surface area contributed by atoms with Crippen LogP contribution in [0.4, 0.5) is 0 Å². The molecule has 2 heteroatoms. The molecule has 0 aliphatic carbocycles. The number of aliphatic imine (C=N–C) groups is 1. The lowest BCUT2D eigenvalue weighted by molar-refractivity contribution is 0.104. The largest absolute Gasteiger partial charge is 0.289 e. The van der Waals surface area contributed by atoms with Crippen molar-refractivity contribution in [3.8, 4) is 0 Å². The molecule has 0 aromatic heterocycles. The minimum absolute atomic E-state index is 0.0233. The molecule has 1 aliphatic heterocycles. The molecule has 19 heavy (non-hydrogen) atoms. The van der Waals surface area contributed by atoms with Gasteiger partial charge in [-0.15, -0.1) is 0 Å². The van der Waals surface area contributed by atoms with Gasteiger partial charge in [0, 0.05) is 5.56 Å². The van der Waals surface area contributed by atoms with Crippen molar-refractivity contribution in [3.05, 3.63) is 83.9 Å². The van der Waals surface area contributed by atoms with Crippen LogP contribution < -0.4 is 0 Å². The van der Waals surface area contributed by atoms with E-state index in [1.807, 2.05) is 66.7 Å². The second-order valence-electron chi connectivity index (χ2n) is 4.41. The van der Waals surface area contributed by atoms with Crippen LogP contribution in [0.5, 0.6) is 0 Å². The molecular weight excluding hydrogens is 234 g/mol. The van der Waals surface area contributed by atoms with E-state index in [-0.39, 0.29) is 11.8 Å². The fourth-order valence-corrected chi connectivity index (χ4v) is 1.98. The van der Waals surface area contributed by atoms with Crippen LogP contribution in [0.2, 0.25) is 0 Å². The first kappa shape index (κ1) is 11.6. The third-order valence-electron chi connectivity index (χ3n) is 3.05. The molecule has 2 aromatic rings. The Hall–Kier alpha value is -2.48. The molecule has 1 unspecified atom stereocenters. The van der Waals surface area contributed by atoms with Crippen molar-refractivity contribution in [2.24, 2.45) is 4.99 Å². The first-order valence-electron chi connectivity index (χ1n) is 6.25. The summed E-state index contributed by atoms with van der Waals surface area (Å²) in [5.74, 6) is 0.0233. The van der Waals surface area contributed by atoms with Gasteiger partial charge in [-0.25, -0.2) is 0 Å². The number of nitrogens with zero attached hydrogens (tertiary/aromatic N) is 1. The summed E-state index contributed by atoms with van der Waals surface area (Å²) < 4.78 is 0. The summed E-state index contributed by atoms with van der Waals surface area (Å²) in [5.41, 5.74) is 2.89. The predicted molar refractivity (Wildman–Crippen MR) is 76.7 cm³/mol. The van der Waals surface area contributed by atoms with E-state index in [0.717, 1.165) is 11.3 Å². The molecule has 0 N–H and O–H groups in total. The quantitative estimate of drug-likeness (QED) is 0.602. The SMILES string of the molecule is O=C(/C=C/C1N=C1c1ccccc1)c1ccccc1. The molecule has 0 spiro atoms. The highest BCUT2D eigenvalue weighted by Gasteiger charge is 2.25. The molecule has 0 radical (unpaired) electrons. The maximum Gasteiger partial charge on any atom is 0.185 e. The lowest BCUT2D eigenvalue weighted by atomic mass is 10.1. The summed E-state index contributed by atoms with van der Waals surface area (Å²) in [6.45, 7) is 0. The van der Waals surface area contributed by atoms with E-state index < -0.39 is 0 Å². The van der Waals surface area contributed by atoms with Crippen molar-refractivity contribution in [3.63, 3.8) is 0 Å². The van der Waals surface area contributed by atoms with Gasteiger partial charge >= 0.3 is 0 Å². The minimum atomic E-state index is 0.0233. The molecule has 2 nitrogen and oxygen atoms in total. The number of ketones is 1. The predicted octanol–water partition coefficient (Wildman–Crippen LogP) is 3.30. The van der Waals surface area contributed by atoms with Gasteiger partial charge in [-0.2, -0.15) is 0 Å². The first-order chi connectivity index (χ1) is 9.34. The van der Waals surface area contributed by atoms with Gasteiger partial charge in [-0.05, 0) is 11.6 Å². The van der Waals surface area contributed by atoms with Gasteiger partial charge in [0.05, 0.1) is 5.71 Å². The number of hydrogen-bond donors (Lipinski definition) is 0. The zero-order valence-electron chi connectivity index (χ0n) is 10.4. The smallest absolute Gasteiger partial charge is 0.185 e. The summed E-state index contributed by atoms with van der Waals surface area (Å²) in [6.07, 6.45) is 3.47. The third-order valence-corrected chi connectivity index (χ3v) is 3.05. The molecule has 0 saturated carbocycles. The molecule has 1 aliphatic rings. The summed E-state index contributed by atoms with van der Waals surface area (Å²) in [7, 11) is 0. The maximum atomic E-state index is 11.9. The van der Waals surface area contributed by atoms with Gasteiger partial charge in [0.15, 0.2) is 5.78 Å². The van der Waals surface area contributed by atoms with Crippen LogP contribution >= 0.6 is 0 Å². The van der Waals surface area contributed by atoms with Gasteiger partial charge in [-0.1, -0.05) is 66.7 Å². The highest BCUT2D eigenvalue weighted by atomic mass is 16.1. The highest BCUT2D eigenvalue weighted by molar-refractivity contribution is 6.15. The zero-order valence-corrected chi connectivity index (χ0v) is 10.4. The molecule has 0 bridgehead atoms. The third kappa shape index (κ3) is 2.68. The minimum Gasteiger partial charge on any atom is -0.289 e. The summed E-state index contributed by atoms with van der Waals surface area (Å²) in [6, 6.07) is 19.4. The molecule has 92 valence electrons. The van der Waals surface area contributed by atoms with E-state index in [1.165, 1.54) is 0 Å². The van der Waals surface area contributed by atoms with Crippen molar-refractivity contribution in [2.45, 2.75) is 6.04 Å². The van der Waals surface area contributed by atoms with Crippen LogP contribution in [-0.2, 0) is 0 Å². The standard InChI is InChI=1S/C17H13NO/c19-16(13-7-3-1-4-8-13)12-11-15-17(18-15)14-9-5-2-6-10-14/h1-12,15H/b12-11+. The number of allylic oxidation sites excluding steroid dienone is 1. The topological polar surface area (TPSA) is 29.4 Å². The van der Waals surface area contributed by atoms with E-state index in [0.29, 0.717) is 5.56 Å². The molecule has 0 amide bonds. The monoisotopic (exact) mass is 247 g/mol. The Labute approximate surface area is 112 Å². The van der Waals surface area contributed by atoms with Crippen LogP contribution in [0.25, 0.3) is 0 Å². The van der Waals surface area contributed by atoms with Crippen LogP contribution in [-0.4, -0.2) is 17.5 Å². The molecular formula is C17H13NO. The Kier molecular flexibility index (Phi) is 3.07. The lowest BCUT2D eigenvalue weighted by Gasteiger charge is -1.94. The normalized spacial score (nSPS) is 17.3. The van der Waals surface area contributed by atoms with E-state index >= 15 is 0 Å². The van der Waals surface area contributed by atoms with Crippen molar-refractivity contribution < 1.29 is 4.79 Å². The number of hydrogen-bond acceptors (Lipinski definition) is 2. The average Bonchev–Trinajstić information content (AvgIpc) is 3.26. The van der Waals surface area contributed by atoms with Crippen molar-refractivity contribution in [2.75, 3.05) is 0 Å². The first-order valence-corrected chi connectivity index (χ1v) is 6.25. The number of rotatable bonds is 4. The summed E-state index contributed by atoms with van der Waals surface area (Å²) in [5, 5.41) is 0. The van der Waals surface area contributed by atoms with Crippen LogP contribution in [0.3, 0.4) is 0 Å². The molecule has 2 aromatic carbocycles. The molecule has 3 rings (SSSR count). The van der Waals surface area contributed by atoms with Crippen LogP contribution in [0.1, 0.15) is 15.9 Å². The van der Waals surface area contributed by atoms with Crippen molar-refractivity contribution in [1.82, 2.24) is 0 Å². The van der Waals surface area contributed by atoms with Crippen LogP contribution in [0, 0.1) is 0 Å². The van der Waals surface area contributed by atoms with E-state index in [2.05, 4.69) is 4.99 Å². The van der Waals surface area contributed by atoms with Crippen molar-refractivity contribution in [1.29, 1.82) is 0 Å². The number of benzene rings is 2. The second-order valence-corrected chi connectivity index (χ2v) is 4.41. The maximum absolute atomic E-state index is 11.9. The molecule has 0 saturated heterocycles. The lowest BCUT2D eigenvalue weighted by Crippen LogP contribution is -1.98. The highest BCUT2D eigenvalue weighted by Crippen LogP contribution is 2.21. The molecule has 0 fully saturated rings. The van der Waals surface area contributed by atoms with Gasteiger partial charge in [-0.3, -0.25) is 9.79 Å². The van der Waals surface area contributed by atoms with E-state index in [1.54, 1.807) is 6.08 Å². The van der Waals surface area contributed by atoms with E-state index in [9.17, 15) is 4.79 Å².